The number of hydrogen-bond donors (Lipinski definition) is 0. The van der Waals surface area contributed by atoms with Crippen LogP contribution in [0.1, 0.15) is 65.2 Å². The second-order valence-electron chi connectivity index (χ2n) is 8.41. The Bertz CT molecular complexity index is 1080. The molecule has 3 aromatic rings. The number of fused-ring (bicyclic) bond motifs is 2. The molecule has 6 rings (SSSR count). The topological polar surface area (TPSA) is 52.6 Å². The second kappa shape index (κ2) is 8.21. The number of thiophene rings is 1. The van der Waals surface area contributed by atoms with E-state index in [1.165, 1.54) is 16.0 Å². The molecule has 0 saturated carbocycles. The minimum atomic E-state index is -1.45. The van der Waals surface area contributed by atoms with Gasteiger partial charge in [0, 0.05) is 22.6 Å². The van der Waals surface area contributed by atoms with Crippen molar-refractivity contribution in [2.24, 2.45) is 5.41 Å². The number of esters is 2. The average Bonchev–Trinajstić information content (AvgIpc) is 3.26. The van der Waals surface area contributed by atoms with Crippen molar-refractivity contribution in [3.05, 3.63) is 93.2 Å². The maximum Gasteiger partial charge on any atom is 0.324 e. The summed E-state index contributed by atoms with van der Waals surface area (Å²) < 4.78 is 11.2. The van der Waals surface area contributed by atoms with Gasteiger partial charge in [0.15, 0.2) is 5.41 Å². The number of carbonyl (C=O) groups is 2. The standard InChI is InChI=1S/C27H26O4S/c1-3-30-25(28)27(26(29)31-4-2)16-21(22-14-9-15-32-22)23-17-10-5-7-12-19(17)24(27)20-13-8-6-11-18(20)23/h5-15,21,23-24H,3-4,16H2,1-2H3. The summed E-state index contributed by atoms with van der Waals surface area (Å²) in [4.78, 5) is 28.8. The van der Waals surface area contributed by atoms with Gasteiger partial charge in [0.05, 0.1) is 13.2 Å². The van der Waals surface area contributed by atoms with Crippen LogP contribution in [0, 0.1) is 5.41 Å². The molecule has 5 heteroatoms. The first-order chi connectivity index (χ1) is 15.6. The summed E-state index contributed by atoms with van der Waals surface area (Å²) in [6.45, 7) is 3.99. The lowest BCUT2D eigenvalue weighted by atomic mass is 9.64. The summed E-state index contributed by atoms with van der Waals surface area (Å²) in [7, 11) is 0. The predicted molar refractivity (Wildman–Crippen MR) is 124 cm³/mol. The Morgan fingerprint density at radius 3 is 1.84 bits per heavy atom. The van der Waals surface area contributed by atoms with Gasteiger partial charge in [-0.15, -0.1) is 11.3 Å². The average molecular weight is 447 g/mol. The number of carbonyl (C=O) groups excluding carboxylic acids is 2. The van der Waals surface area contributed by atoms with Crippen LogP contribution in [0.3, 0.4) is 0 Å². The van der Waals surface area contributed by atoms with E-state index in [-0.39, 0.29) is 25.0 Å². The summed E-state index contributed by atoms with van der Waals surface area (Å²) in [6, 6.07) is 20.6. The highest BCUT2D eigenvalue weighted by Crippen LogP contribution is 2.63. The molecule has 32 heavy (non-hydrogen) atoms. The minimum absolute atomic E-state index is 0.0430. The molecule has 1 unspecified atom stereocenters. The van der Waals surface area contributed by atoms with Crippen LogP contribution in [0.15, 0.2) is 66.0 Å². The maximum absolute atomic E-state index is 13.8. The number of rotatable bonds is 5. The molecule has 0 N–H and O–H groups in total. The van der Waals surface area contributed by atoms with Crippen molar-refractivity contribution < 1.29 is 19.1 Å². The summed E-state index contributed by atoms with van der Waals surface area (Å²) >= 11 is 1.67. The zero-order valence-electron chi connectivity index (χ0n) is 18.2. The van der Waals surface area contributed by atoms with Gasteiger partial charge < -0.3 is 9.47 Å². The zero-order chi connectivity index (χ0) is 22.3. The Hall–Kier alpha value is -2.92. The first-order valence-corrected chi connectivity index (χ1v) is 12.1. The first kappa shape index (κ1) is 21.0. The Labute approximate surface area is 192 Å². The Morgan fingerprint density at radius 1 is 0.844 bits per heavy atom. The van der Waals surface area contributed by atoms with Crippen LogP contribution in [-0.2, 0) is 19.1 Å². The van der Waals surface area contributed by atoms with E-state index in [0.717, 1.165) is 11.1 Å². The number of benzene rings is 2. The van der Waals surface area contributed by atoms with Crippen molar-refractivity contribution >= 4 is 23.3 Å². The largest absolute Gasteiger partial charge is 0.465 e. The molecule has 0 spiro atoms. The molecule has 2 bridgehead atoms. The van der Waals surface area contributed by atoms with E-state index < -0.39 is 23.3 Å². The lowest BCUT2D eigenvalue weighted by Crippen LogP contribution is -2.47. The van der Waals surface area contributed by atoms with Crippen LogP contribution in [-0.4, -0.2) is 25.2 Å². The normalized spacial score (nSPS) is 22.4. The number of hydrogen-bond acceptors (Lipinski definition) is 5. The highest BCUT2D eigenvalue weighted by molar-refractivity contribution is 7.10. The molecule has 0 radical (unpaired) electrons. The highest BCUT2D eigenvalue weighted by Gasteiger charge is 2.62. The molecule has 0 aliphatic heterocycles. The molecule has 1 aromatic heterocycles. The zero-order valence-corrected chi connectivity index (χ0v) is 19.1. The molecule has 1 atom stereocenters. The van der Waals surface area contributed by atoms with E-state index in [2.05, 4.69) is 35.7 Å². The van der Waals surface area contributed by atoms with E-state index in [1.54, 1.807) is 25.2 Å². The van der Waals surface area contributed by atoms with Gasteiger partial charge in [-0.25, -0.2) is 0 Å². The SMILES string of the molecule is CCOC(=O)C1(C(=O)OCC)CC(c2cccs2)C2c3ccccc3C1c1ccccc12. The van der Waals surface area contributed by atoms with Crippen molar-refractivity contribution in [2.45, 2.75) is 38.0 Å². The van der Waals surface area contributed by atoms with Gasteiger partial charge in [0.2, 0.25) is 0 Å². The highest BCUT2D eigenvalue weighted by atomic mass is 32.1. The van der Waals surface area contributed by atoms with Gasteiger partial charge in [0.1, 0.15) is 0 Å². The van der Waals surface area contributed by atoms with Crippen LogP contribution < -0.4 is 0 Å². The van der Waals surface area contributed by atoms with Crippen molar-refractivity contribution in [1.29, 1.82) is 0 Å². The van der Waals surface area contributed by atoms with E-state index in [9.17, 15) is 9.59 Å². The summed E-state index contributed by atoms with van der Waals surface area (Å²) in [5.74, 6) is -1.41. The molecular formula is C27H26O4S. The molecule has 3 aliphatic rings. The molecule has 164 valence electrons. The van der Waals surface area contributed by atoms with Gasteiger partial charge in [-0.3, -0.25) is 9.59 Å². The molecule has 0 amide bonds. The smallest absolute Gasteiger partial charge is 0.324 e. The minimum Gasteiger partial charge on any atom is -0.465 e. The Balaban J connectivity index is 1.88. The third kappa shape index (κ3) is 2.95. The molecule has 0 fully saturated rings. The van der Waals surface area contributed by atoms with Gasteiger partial charge in [0.25, 0.3) is 0 Å². The lowest BCUT2D eigenvalue weighted by Gasteiger charge is -2.38. The third-order valence-electron chi connectivity index (χ3n) is 6.91. The van der Waals surface area contributed by atoms with Crippen LogP contribution in [0.2, 0.25) is 0 Å². The van der Waals surface area contributed by atoms with Gasteiger partial charge in [-0.2, -0.15) is 0 Å². The van der Waals surface area contributed by atoms with Crippen molar-refractivity contribution in [1.82, 2.24) is 0 Å². The molecular weight excluding hydrogens is 420 g/mol. The maximum atomic E-state index is 13.8. The van der Waals surface area contributed by atoms with Gasteiger partial charge in [-0.05, 0) is 54.0 Å². The molecule has 2 aromatic carbocycles. The predicted octanol–water partition coefficient (Wildman–Crippen LogP) is 5.63. The van der Waals surface area contributed by atoms with E-state index in [1.807, 2.05) is 30.3 Å². The molecule has 0 saturated heterocycles. The van der Waals surface area contributed by atoms with Gasteiger partial charge >= 0.3 is 11.9 Å². The van der Waals surface area contributed by atoms with E-state index >= 15 is 0 Å². The summed E-state index contributed by atoms with van der Waals surface area (Å²) in [5, 5.41) is 2.06. The Kier molecular flexibility index (Phi) is 5.38. The fraction of sp³-hybridized carbons (Fsp3) is 0.333. The number of ether oxygens (including phenoxy) is 2. The van der Waals surface area contributed by atoms with Crippen LogP contribution in [0.25, 0.3) is 0 Å². The summed E-state index contributed by atoms with van der Waals surface area (Å²) in [6.07, 6.45) is 0.351. The fourth-order valence-corrected chi connectivity index (χ4v) is 6.63. The molecule has 1 heterocycles. The van der Waals surface area contributed by atoms with Crippen LogP contribution in [0.4, 0.5) is 0 Å². The first-order valence-electron chi connectivity index (χ1n) is 11.2. The molecule has 3 aliphatic carbocycles. The quantitative estimate of drug-likeness (QED) is 0.377. The summed E-state index contributed by atoms with van der Waals surface area (Å²) in [5.41, 5.74) is 2.97. The monoisotopic (exact) mass is 446 g/mol. The van der Waals surface area contributed by atoms with E-state index in [0.29, 0.717) is 6.42 Å². The lowest BCUT2D eigenvalue weighted by molar-refractivity contribution is -0.174. The third-order valence-corrected chi connectivity index (χ3v) is 7.91. The van der Waals surface area contributed by atoms with E-state index in [4.69, 9.17) is 9.47 Å². The fourth-order valence-electron chi connectivity index (χ4n) is 5.77. The van der Waals surface area contributed by atoms with Gasteiger partial charge in [-0.1, -0.05) is 54.6 Å². The van der Waals surface area contributed by atoms with Crippen molar-refractivity contribution in [3.63, 3.8) is 0 Å². The van der Waals surface area contributed by atoms with Crippen LogP contribution in [0.5, 0.6) is 0 Å². The Morgan fingerprint density at radius 2 is 1.38 bits per heavy atom. The van der Waals surface area contributed by atoms with Crippen molar-refractivity contribution in [2.75, 3.05) is 13.2 Å². The second-order valence-corrected chi connectivity index (χ2v) is 9.39. The molecule has 4 nitrogen and oxygen atoms in total. The van der Waals surface area contributed by atoms with Crippen LogP contribution >= 0.6 is 11.3 Å². The van der Waals surface area contributed by atoms with Crippen molar-refractivity contribution in [3.8, 4) is 0 Å².